The number of aromatic nitrogens is 2. The standard InChI is InChI=1S/C33H39N3O6S/c1-18-14-20(29(37)39-2)15-24-26(18)34-31(43-24)36-21-6-7-22(36)17-23(16-21)41-30(38)25-27(19-4-5-19)42-35-28(25)32-8-11-33(40-3,12-9-32)13-10-32/h14-15,19,21-23H,4-13,16-17H2,1-3H3/t21-,22+,23+,32?,33?. The fourth-order valence-electron chi connectivity index (χ4n) is 8.58. The summed E-state index contributed by atoms with van der Waals surface area (Å²) in [5.41, 5.74) is 3.80. The number of anilines is 1. The Balaban J connectivity index is 1.02. The Morgan fingerprint density at radius 3 is 2.30 bits per heavy atom. The van der Waals surface area contributed by atoms with E-state index >= 15 is 0 Å². The van der Waals surface area contributed by atoms with Crippen LogP contribution in [-0.2, 0) is 19.6 Å². The van der Waals surface area contributed by atoms with Crippen LogP contribution in [-0.4, -0.2) is 60.1 Å². The highest BCUT2D eigenvalue weighted by Gasteiger charge is 2.54. The number of methoxy groups -OCH3 is 2. The van der Waals surface area contributed by atoms with E-state index in [-0.39, 0.29) is 47.1 Å². The third kappa shape index (κ3) is 4.42. The summed E-state index contributed by atoms with van der Waals surface area (Å²) in [5, 5.41) is 5.60. The zero-order chi connectivity index (χ0) is 29.5. The van der Waals surface area contributed by atoms with Gasteiger partial charge in [-0.25, -0.2) is 14.6 Å². The molecule has 0 unspecified atom stereocenters. The van der Waals surface area contributed by atoms with E-state index < -0.39 is 0 Å². The van der Waals surface area contributed by atoms with Crippen molar-refractivity contribution in [2.24, 2.45) is 0 Å². The maximum atomic E-state index is 14.0. The molecule has 9 nitrogen and oxygen atoms in total. The van der Waals surface area contributed by atoms with Crippen LogP contribution < -0.4 is 4.90 Å². The molecule has 4 bridgehead atoms. The highest BCUT2D eigenvalue weighted by atomic mass is 32.1. The largest absolute Gasteiger partial charge is 0.465 e. The number of carbonyl (C=O) groups excluding carboxylic acids is 2. The summed E-state index contributed by atoms with van der Waals surface area (Å²) in [6.45, 7) is 1.99. The number of hydrogen-bond acceptors (Lipinski definition) is 10. The van der Waals surface area contributed by atoms with Crippen molar-refractivity contribution in [2.45, 2.75) is 119 Å². The molecule has 1 aromatic carbocycles. The Morgan fingerprint density at radius 1 is 0.977 bits per heavy atom. The predicted octanol–water partition coefficient (Wildman–Crippen LogP) is 6.60. The average molecular weight is 606 g/mol. The van der Waals surface area contributed by atoms with E-state index in [1.165, 1.54) is 7.11 Å². The van der Waals surface area contributed by atoms with E-state index in [2.05, 4.69) is 10.1 Å². The van der Waals surface area contributed by atoms with Gasteiger partial charge < -0.3 is 23.6 Å². The molecule has 0 radical (unpaired) electrons. The highest BCUT2D eigenvalue weighted by molar-refractivity contribution is 7.22. The number of nitrogens with zero attached hydrogens (tertiary/aromatic N) is 3. The molecule has 3 aromatic rings. The lowest BCUT2D eigenvalue weighted by atomic mass is 9.57. The summed E-state index contributed by atoms with van der Waals surface area (Å²) in [6, 6.07) is 4.26. The second-order valence-electron chi connectivity index (χ2n) is 13.6. The summed E-state index contributed by atoms with van der Waals surface area (Å²) in [7, 11) is 3.24. The molecular weight excluding hydrogens is 566 g/mol. The Hall–Kier alpha value is -2.98. The number of carbonyl (C=O) groups is 2. The van der Waals surface area contributed by atoms with Gasteiger partial charge in [-0.15, -0.1) is 0 Å². The van der Waals surface area contributed by atoms with Gasteiger partial charge in [0.1, 0.15) is 17.4 Å². The first-order valence-corrected chi connectivity index (χ1v) is 16.7. The van der Waals surface area contributed by atoms with Gasteiger partial charge in [0, 0.05) is 43.4 Å². The van der Waals surface area contributed by atoms with Gasteiger partial charge >= 0.3 is 11.9 Å². The third-order valence-electron chi connectivity index (χ3n) is 11.3. The van der Waals surface area contributed by atoms with E-state index in [0.29, 0.717) is 11.1 Å². The van der Waals surface area contributed by atoms with Crippen LogP contribution in [0.5, 0.6) is 0 Å². The second-order valence-corrected chi connectivity index (χ2v) is 14.6. The fourth-order valence-corrected chi connectivity index (χ4v) is 9.80. The molecular formula is C33H39N3O6S. The molecule has 6 fully saturated rings. The number of rotatable bonds is 7. The minimum Gasteiger partial charge on any atom is -0.465 e. The van der Waals surface area contributed by atoms with Crippen LogP contribution in [0.1, 0.15) is 121 Å². The van der Waals surface area contributed by atoms with Gasteiger partial charge in [-0.1, -0.05) is 16.5 Å². The fraction of sp³-hybridized carbons (Fsp3) is 0.636. The van der Waals surface area contributed by atoms with Crippen LogP contribution in [0, 0.1) is 6.92 Å². The van der Waals surface area contributed by atoms with Gasteiger partial charge in [-0.05, 0) is 88.8 Å². The van der Waals surface area contributed by atoms with Gasteiger partial charge in [0.15, 0.2) is 10.9 Å². The van der Waals surface area contributed by atoms with Gasteiger partial charge in [-0.2, -0.15) is 0 Å². The number of hydrogen-bond donors (Lipinski definition) is 0. The van der Waals surface area contributed by atoms with Crippen molar-refractivity contribution in [3.05, 3.63) is 40.3 Å². The molecule has 6 aliphatic rings. The lowest BCUT2D eigenvalue weighted by molar-refractivity contribution is -0.0967. The van der Waals surface area contributed by atoms with E-state index in [4.69, 9.17) is 23.7 Å². The van der Waals surface area contributed by atoms with Crippen molar-refractivity contribution in [3.8, 4) is 0 Å². The number of fused-ring (bicyclic) bond motifs is 6. The van der Waals surface area contributed by atoms with E-state index in [1.807, 2.05) is 26.2 Å². The summed E-state index contributed by atoms with van der Waals surface area (Å²) < 4.78 is 24.2. The molecule has 0 spiro atoms. The molecule has 4 saturated carbocycles. The molecule has 0 N–H and O–H groups in total. The van der Waals surface area contributed by atoms with Gasteiger partial charge in [0.05, 0.1) is 28.5 Å². The molecule has 2 aromatic heterocycles. The molecule has 43 heavy (non-hydrogen) atoms. The second kappa shape index (κ2) is 10.0. The molecule has 228 valence electrons. The van der Waals surface area contributed by atoms with Crippen molar-refractivity contribution >= 4 is 38.6 Å². The van der Waals surface area contributed by atoms with Crippen molar-refractivity contribution < 1.29 is 28.3 Å². The number of thiazole rings is 1. The minimum absolute atomic E-state index is 0.00959. The van der Waals surface area contributed by atoms with Crippen LogP contribution in [0.15, 0.2) is 16.7 Å². The van der Waals surface area contributed by atoms with Gasteiger partial charge in [0.2, 0.25) is 0 Å². The molecule has 9 rings (SSSR count). The van der Waals surface area contributed by atoms with Gasteiger partial charge in [-0.3, -0.25) is 0 Å². The Morgan fingerprint density at radius 2 is 1.67 bits per heavy atom. The quantitative estimate of drug-likeness (QED) is 0.275. The first kappa shape index (κ1) is 27.6. The number of ether oxygens (including phenoxy) is 3. The van der Waals surface area contributed by atoms with Crippen LogP contribution in [0.3, 0.4) is 0 Å². The normalized spacial score (nSPS) is 31.5. The van der Waals surface area contributed by atoms with Crippen LogP contribution in [0.25, 0.3) is 10.2 Å². The zero-order valence-electron chi connectivity index (χ0n) is 25.1. The SMILES string of the molecule is COC(=O)c1cc(C)c2nc(N3[C@@H]4CC[C@H]3C[C@@H](OC(=O)c3c(C56CCC(OC)(CC5)CC6)noc3C3CC3)C4)sc2c1. The van der Waals surface area contributed by atoms with Crippen molar-refractivity contribution in [1.29, 1.82) is 0 Å². The summed E-state index contributed by atoms with van der Waals surface area (Å²) in [6.07, 6.45) is 11.5. The monoisotopic (exact) mass is 605 g/mol. The number of benzene rings is 1. The lowest BCUT2D eigenvalue weighted by Crippen LogP contribution is -2.50. The van der Waals surface area contributed by atoms with Gasteiger partial charge in [0.25, 0.3) is 0 Å². The zero-order valence-corrected chi connectivity index (χ0v) is 26.0. The molecule has 2 saturated heterocycles. The molecule has 4 heterocycles. The van der Waals surface area contributed by atoms with Crippen molar-refractivity contribution in [3.63, 3.8) is 0 Å². The summed E-state index contributed by atoms with van der Waals surface area (Å²) >= 11 is 1.63. The van der Waals surface area contributed by atoms with E-state index in [1.54, 1.807) is 11.3 Å². The Bertz CT molecular complexity index is 1570. The smallest absolute Gasteiger partial charge is 0.344 e. The molecule has 10 heteroatoms. The molecule has 3 atom stereocenters. The highest BCUT2D eigenvalue weighted by Crippen LogP contribution is 2.56. The third-order valence-corrected chi connectivity index (χ3v) is 12.3. The number of piperidine rings is 1. The van der Waals surface area contributed by atoms with E-state index in [0.717, 1.165) is 109 Å². The van der Waals surface area contributed by atoms with Crippen molar-refractivity contribution in [2.75, 3.05) is 19.1 Å². The Kier molecular flexibility index (Phi) is 6.42. The minimum atomic E-state index is -0.335. The summed E-state index contributed by atoms with van der Waals surface area (Å²) in [4.78, 5) is 33.7. The molecule has 4 aliphatic carbocycles. The van der Waals surface area contributed by atoms with Crippen molar-refractivity contribution in [1.82, 2.24) is 10.1 Å². The molecule has 0 amide bonds. The van der Waals surface area contributed by atoms with Crippen LogP contribution in [0.2, 0.25) is 0 Å². The number of aryl methyl sites for hydroxylation is 1. The average Bonchev–Trinajstić information content (AvgIpc) is 3.50. The first-order chi connectivity index (χ1) is 20.8. The predicted molar refractivity (Wildman–Crippen MR) is 161 cm³/mol. The Labute approximate surface area is 255 Å². The van der Waals surface area contributed by atoms with Crippen LogP contribution >= 0.6 is 11.3 Å². The number of esters is 2. The maximum absolute atomic E-state index is 14.0. The maximum Gasteiger partial charge on any atom is 0.344 e. The molecule has 2 aliphatic heterocycles. The lowest BCUT2D eigenvalue weighted by Gasteiger charge is -2.52. The topological polar surface area (TPSA) is 104 Å². The van der Waals surface area contributed by atoms with Crippen LogP contribution in [0.4, 0.5) is 5.13 Å². The van der Waals surface area contributed by atoms with E-state index in [9.17, 15) is 9.59 Å². The first-order valence-electron chi connectivity index (χ1n) is 15.9. The summed E-state index contributed by atoms with van der Waals surface area (Å²) in [5.74, 6) is 0.453.